The lowest BCUT2D eigenvalue weighted by Gasteiger charge is -2.01. The van der Waals surface area contributed by atoms with Gasteiger partial charge in [0.2, 0.25) is 0 Å². The molecular formula is C10H10BNO2S. The average Bonchev–Trinajstić information content (AvgIpc) is 2.65. The molecule has 3 nitrogen and oxygen atoms in total. The third kappa shape index (κ3) is 2.26. The number of aromatic nitrogens is 1. The third-order valence-corrected chi connectivity index (χ3v) is 2.87. The Labute approximate surface area is 92.2 Å². The van der Waals surface area contributed by atoms with E-state index >= 15 is 0 Å². The Balaban J connectivity index is 2.41. The zero-order valence-corrected chi connectivity index (χ0v) is 9.03. The number of hydrogen-bond donors (Lipinski definition) is 2. The molecule has 1 aromatic heterocycles. The molecule has 0 saturated heterocycles. The number of thiazole rings is 1. The zero-order chi connectivity index (χ0) is 10.8. The van der Waals surface area contributed by atoms with E-state index < -0.39 is 7.12 Å². The minimum atomic E-state index is -1.43. The Morgan fingerprint density at radius 3 is 2.73 bits per heavy atom. The van der Waals surface area contributed by atoms with Crippen molar-refractivity contribution in [2.45, 2.75) is 6.92 Å². The molecule has 0 atom stereocenters. The van der Waals surface area contributed by atoms with Crippen molar-refractivity contribution < 1.29 is 10.0 Å². The first-order valence-corrected chi connectivity index (χ1v) is 5.43. The van der Waals surface area contributed by atoms with E-state index in [4.69, 9.17) is 10.0 Å². The lowest BCUT2D eigenvalue weighted by molar-refractivity contribution is 0.426. The molecule has 0 saturated carbocycles. The molecule has 0 radical (unpaired) electrons. The van der Waals surface area contributed by atoms with Crippen LogP contribution < -0.4 is 5.46 Å². The van der Waals surface area contributed by atoms with Gasteiger partial charge in [-0.25, -0.2) is 4.98 Å². The maximum absolute atomic E-state index is 9.04. The molecule has 0 spiro atoms. The molecule has 2 N–H and O–H groups in total. The number of hydrogen-bond acceptors (Lipinski definition) is 4. The standard InChI is InChI=1S/C10H10BNO2S/c1-7-12-10(6-15-7)8-3-2-4-9(5-8)11(13)14/h2-6,13-14H,1H3. The second-order valence-corrected chi connectivity index (χ2v) is 4.31. The molecular weight excluding hydrogens is 209 g/mol. The van der Waals surface area contributed by atoms with E-state index in [1.54, 1.807) is 29.5 Å². The fourth-order valence-corrected chi connectivity index (χ4v) is 1.98. The molecule has 2 aromatic rings. The molecule has 1 heterocycles. The van der Waals surface area contributed by atoms with Crippen LogP contribution in [0.2, 0.25) is 0 Å². The van der Waals surface area contributed by atoms with Crippen LogP contribution in [0.5, 0.6) is 0 Å². The van der Waals surface area contributed by atoms with E-state index in [0.717, 1.165) is 16.3 Å². The Kier molecular flexibility index (Phi) is 2.86. The SMILES string of the molecule is Cc1nc(-c2cccc(B(O)O)c2)cs1. The number of aryl methyl sites for hydroxylation is 1. The van der Waals surface area contributed by atoms with Crippen molar-refractivity contribution in [2.75, 3.05) is 0 Å². The highest BCUT2D eigenvalue weighted by molar-refractivity contribution is 7.09. The van der Waals surface area contributed by atoms with Gasteiger partial charge in [0.05, 0.1) is 10.7 Å². The minimum Gasteiger partial charge on any atom is -0.423 e. The van der Waals surface area contributed by atoms with Crippen molar-refractivity contribution in [3.8, 4) is 11.3 Å². The van der Waals surface area contributed by atoms with Gasteiger partial charge >= 0.3 is 7.12 Å². The topological polar surface area (TPSA) is 53.4 Å². The fourth-order valence-electron chi connectivity index (χ4n) is 1.35. The normalized spacial score (nSPS) is 10.3. The van der Waals surface area contributed by atoms with Gasteiger partial charge in [-0.1, -0.05) is 24.3 Å². The molecule has 0 aliphatic carbocycles. The second kappa shape index (κ2) is 4.14. The van der Waals surface area contributed by atoms with E-state index in [9.17, 15) is 0 Å². The van der Waals surface area contributed by atoms with Crippen molar-refractivity contribution >= 4 is 23.9 Å². The number of nitrogens with zero attached hydrogens (tertiary/aromatic N) is 1. The van der Waals surface area contributed by atoms with Crippen LogP contribution in [-0.2, 0) is 0 Å². The van der Waals surface area contributed by atoms with Crippen molar-refractivity contribution in [1.82, 2.24) is 4.98 Å². The monoisotopic (exact) mass is 219 g/mol. The summed E-state index contributed by atoms with van der Waals surface area (Å²) in [6.45, 7) is 1.94. The first-order valence-electron chi connectivity index (χ1n) is 4.55. The first-order chi connectivity index (χ1) is 7.16. The van der Waals surface area contributed by atoms with Gasteiger partial charge in [0, 0.05) is 10.9 Å². The zero-order valence-electron chi connectivity index (χ0n) is 8.21. The predicted octanol–water partition coefficient (Wildman–Crippen LogP) is 0.798. The van der Waals surface area contributed by atoms with Crippen LogP contribution in [0.15, 0.2) is 29.6 Å². The summed E-state index contributed by atoms with van der Waals surface area (Å²) >= 11 is 1.58. The molecule has 0 bridgehead atoms. The van der Waals surface area contributed by atoms with E-state index in [-0.39, 0.29) is 0 Å². The Bertz CT molecular complexity index is 470. The molecule has 2 rings (SSSR count). The van der Waals surface area contributed by atoms with Crippen LogP contribution >= 0.6 is 11.3 Å². The highest BCUT2D eigenvalue weighted by Gasteiger charge is 2.11. The van der Waals surface area contributed by atoms with E-state index in [1.807, 2.05) is 18.4 Å². The lowest BCUT2D eigenvalue weighted by atomic mass is 9.79. The van der Waals surface area contributed by atoms with Gasteiger partial charge in [-0.3, -0.25) is 0 Å². The summed E-state index contributed by atoms with van der Waals surface area (Å²) in [5, 5.41) is 21.0. The van der Waals surface area contributed by atoms with Crippen LogP contribution in [0.4, 0.5) is 0 Å². The molecule has 76 valence electrons. The fraction of sp³-hybridized carbons (Fsp3) is 0.100. The second-order valence-electron chi connectivity index (χ2n) is 3.25. The molecule has 0 aliphatic rings. The summed E-state index contributed by atoms with van der Waals surface area (Å²) in [5.74, 6) is 0. The van der Waals surface area contributed by atoms with E-state index in [1.165, 1.54) is 0 Å². The van der Waals surface area contributed by atoms with Gasteiger partial charge in [0.15, 0.2) is 0 Å². The summed E-state index contributed by atoms with van der Waals surface area (Å²) in [4.78, 5) is 4.34. The van der Waals surface area contributed by atoms with Crippen molar-refractivity contribution in [3.63, 3.8) is 0 Å². The van der Waals surface area contributed by atoms with Crippen molar-refractivity contribution in [1.29, 1.82) is 0 Å². The quantitative estimate of drug-likeness (QED) is 0.734. The molecule has 5 heteroatoms. The van der Waals surface area contributed by atoms with Crippen LogP contribution in [-0.4, -0.2) is 22.2 Å². The third-order valence-electron chi connectivity index (χ3n) is 2.10. The summed E-state index contributed by atoms with van der Waals surface area (Å²) < 4.78 is 0. The minimum absolute atomic E-state index is 0.484. The molecule has 0 aliphatic heterocycles. The first kappa shape index (κ1) is 10.4. The molecule has 0 fully saturated rings. The molecule has 0 unspecified atom stereocenters. The number of benzene rings is 1. The predicted molar refractivity (Wildman–Crippen MR) is 62.1 cm³/mol. The van der Waals surface area contributed by atoms with Gasteiger partial charge in [-0.2, -0.15) is 0 Å². The van der Waals surface area contributed by atoms with Crippen LogP contribution in [0.3, 0.4) is 0 Å². The van der Waals surface area contributed by atoms with Crippen molar-refractivity contribution in [3.05, 3.63) is 34.7 Å². The van der Waals surface area contributed by atoms with Gasteiger partial charge in [-0.15, -0.1) is 11.3 Å². The summed E-state index contributed by atoms with van der Waals surface area (Å²) in [5.41, 5.74) is 2.27. The van der Waals surface area contributed by atoms with Gasteiger partial charge in [0.1, 0.15) is 0 Å². The van der Waals surface area contributed by atoms with Crippen molar-refractivity contribution in [2.24, 2.45) is 0 Å². The largest absolute Gasteiger partial charge is 0.488 e. The Hall–Kier alpha value is -1.17. The summed E-state index contributed by atoms with van der Waals surface area (Å²) in [6.07, 6.45) is 0. The Morgan fingerprint density at radius 2 is 2.13 bits per heavy atom. The maximum Gasteiger partial charge on any atom is 0.488 e. The average molecular weight is 219 g/mol. The smallest absolute Gasteiger partial charge is 0.423 e. The van der Waals surface area contributed by atoms with Gasteiger partial charge in [-0.05, 0) is 12.4 Å². The number of rotatable bonds is 2. The van der Waals surface area contributed by atoms with Crippen LogP contribution in [0, 0.1) is 6.92 Å². The highest BCUT2D eigenvalue weighted by Crippen LogP contribution is 2.20. The Morgan fingerprint density at radius 1 is 1.33 bits per heavy atom. The molecule has 1 aromatic carbocycles. The summed E-state index contributed by atoms with van der Waals surface area (Å²) in [7, 11) is -1.43. The molecule has 0 amide bonds. The lowest BCUT2D eigenvalue weighted by Crippen LogP contribution is -2.29. The highest BCUT2D eigenvalue weighted by atomic mass is 32.1. The van der Waals surface area contributed by atoms with Gasteiger partial charge in [0.25, 0.3) is 0 Å². The summed E-state index contributed by atoms with van der Waals surface area (Å²) in [6, 6.07) is 7.10. The molecule has 15 heavy (non-hydrogen) atoms. The maximum atomic E-state index is 9.04. The van der Waals surface area contributed by atoms with E-state index in [2.05, 4.69) is 4.98 Å². The van der Waals surface area contributed by atoms with Crippen LogP contribution in [0.1, 0.15) is 5.01 Å². The van der Waals surface area contributed by atoms with Gasteiger partial charge < -0.3 is 10.0 Å². The van der Waals surface area contributed by atoms with Crippen LogP contribution in [0.25, 0.3) is 11.3 Å². The van der Waals surface area contributed by atoms with E-state index in [0.29, 0.717) is 5.46 Å².